The predicted molar refractivity (Wildman–Crippen MR) is 171 cm³/mol. The van der Waals surface area contributed by atoms with Crippen LogP contribution in [-0.2, 0) is 9.53 Å². The molecule has 2 aromatic heterocycles. The summed E-state index contributed by atoms with van der Waals surface area (Å²) in [7, 11) is 0. The predicted octanol–water partition coefficient (Wildman–Crippen LogP) is 5.60. The Morgan fingerprint density at radius 1 is 1.10 bits per heavy atom. The number of fused-ring (bicyclic) bond motifs is 1. The Hall–Kier alpha value is -3.44. The van der Waals surface area contributed by atoms with Crippen molar-refractivity contribution in [1.29, 1.82) is 0 Å². The highest BCUT2D eigenvalue weighted by molar-refractivity contribution is 14.1. The van der Waals surface area contributed by atoms with Crippen LogP contribution in [0, 0.1) is 17.4 Å². The lowest BCUT2D eigenvalue weighted by molar-refractivity contribution is -0.139. The molecule has 0 radical (unpaired) electrons. The Labute approximate surface area is 256 Å². The van der Waals surface area contributed by atoms with E-state index in [9.17, 15) is 9.59 Å². The summed E-state index contributed by atoms with van der Waals surface area (Å²) >= 11 is 3.63. The highest BCUT2D eigenvalue weighted by atomic mass is 127. The molecule has 0 saturated carbocycles. The largest absolute Gasteiger partial charge is 0.491 e. The van der Waals surface area contributed by atoms with Crippen molar-refractivity contribution in [3.05, 3.63) is 112 Å². The first kappa shape index (κ1) is 29.1. The first-order chi connectivity index (χ1) is 19.6. The zero-order valence-electron chi connectivity index (χ0n) is 23.9. The molecule has 0 spiro atoms. The molecule has 0 amide bonds. The van der Waals surface area contributed by atoms with Crippen LogP contribution in [0.3, 0.4) is 0 Å². The van der Waals surface area contributed by atoms with E-state index in [-0.39, 0.29) is 18.3 Å². The van der Waals surface area contributed by atoms with E-state index in [1.54, 1.807) is 18.4 Å². The Balaban J connectivity index is 1.65. The second-order valence-corrected chi connectivity index (χ2v) is 12.4. The van der Waals surface area contributed by atoms with Crippen LogP contribution in [0.25, 0.3) is 11.8 Å². The molecule has 0 saturated heterocycles. The number of hydrogen-bond acceptors (Lipinski definition) is 6. The van der Waals surface area contributed by atoms with E-state index < -0.39 is 12.0 Å². The van der Waals surface area contributed by atoms with Gasteiger partial charge in [0.15, 0.2) is 4.80 Å². The molecule has 0 aliphatic carbocycles. The molecule has 0 fully saturated rings. The van der Waals surface area contributed by atoms with Gasteiger partial charge in [0.1, 0.15) is 5.75 Å². The van der Waals surface area contributed by atoms with E-state index in [0.29, 0.717) is 20.6 Å². The van der Waals surface area contributed by atoms with E-state index in [1.807, 2.05) is 44.2 Å². The standard InChI is InChI=1S/C32H32IN3O4S/c1-7-39-31(38)28-20(5)34-32-36(29(28)22-8-14-26(15-9-22)40-18(2)3)30(37)27(41-32)17-23-16-19(4)35(21(23)6)25-12-10-24(33)11-13-25/h8-18,29H,7H2,1-6H3/b27-17-/t29-/m1/s1. The van der Waals surface area contributed by atoms with Gasteiger partial charge >= 0.3 is 5.97 Å². The number of carbonyl (C=O) groups is 1. The highest BCUT2D eigenvalue weighted by Gasteiger charge is 2.33. The molecular weight excluding hydrogens is 649 g/mol. The Morgan fingerprint density at radius 2 is 1.78 bits per heavy atom. The van der Waals surface area contributed by atoms with Crippen molar-refractivity contribution in [2.45, 2.75) is 53.7 Å². The van der Waals surface area contributed by atoms with Crippen molar-refractivity contribution in [2.75, 3.05) is 6.61 Å². The highest BCUT2D eigenvalue weighted by Crippen LogP contribution is 2.32. The monoisotopic (exact) mass is 681 g/mol. The van der Waals surface area contributed by atoms with Crippen LogP contribution in [-0.4, -0.2) is 27.8 Å². The van der Waals surface area contributed by atoms with Crippen molar-refractivity contribution in [1.82, 2.24) is 9.13 Å². The van der Waals surface area contributed by atoms with Crippen molar-refractivity contribution in [3.8, 4) is 11.4 Å². The molecule has 1 aliphatic rings. The summed E-state index contributed by atoms with van der Waals surface area (Å²) in [5, 5.41) is 0. The van der Waals surface area contributed by atoms with Crippen LogP contribution in [0.15, 0.2) is 75.7 Å². The summed E-state index contributed by atoms with van der Waals surface area (Å²) in [6.07, 6.45) is 1.96. The number of nitrogens with zero attached hydrogens (tertiary/aromatic N) is 3. The normalized spacial score (nSPS) is 15.2. The van der Waals surface area contributed by atoms with Gasteiger partial charge in [-0.1, -0.05) is 23.5 Å². The second kappa shape index (κ2) is 11.8. The van der Waals surface area contributed by atoms with Crippen LogP contribution in [0.1, 0.15) is 56.3 Å². The van der Waals surface area contributed by atoms with Gasteiger partial charge in [0.2, 0.25) is 0 Å². The van der Waals surface area contributed by atoms with Gasteiger partial charge in [-0.05, 0) is 124 Å². The molecule has 1 atom stereocenters. The molecule has 4 aromatic rings. The third-order valence-electron chi connectivity index (χ3n) is 6.93. The minimum absolute atomic E-state index is 0.0309. The number of allylic oxidation sites excluding steroid dienone is 1. The molecule has 1 aliphatic heterocycles. The van der Waals surface area contributed by atoms with Crippen LogP contribution < -0.4 is 19.6 Å². The molecule has 2 aromatic carbocycles. The molecule has 0 bridgehead atoms. The molecule has 0 unspecified atom stereocenters. The van der Waals surface area contributed by atoms with Crippen LogP contribution in [0.4, 0.5) is 0 Å². The lowest BCUT2D eigenvalue weighted by Crippen LogP contribution is -2.39. The molecule has 41 heavy (non-hydrogen) atoms. The molecule has 5 rings (SSSR count). The molecule has 3 heterocycles. The zero-order chi connectivity index (χ0) is 29.4. The summed E-state index contributed by atoms with van der Waals surface area (Å²) in [4.78, 5) is 32.5. The van der Waals surface area contributed by atoms with E-state index in [0.717, 1.165) is 34.0 Å². The number of carbonyl (C=O) groups excluding carboxylic acids is 1. The van der Waals surface area contributed by atoms with Gasteiger partial charge < -0.3 is 14.0 Å². The summed E-state index contributed by atoms with van der Waals surface area (Å²) in [5.41, 5.74) is 5.62. The van der Waals surface area contributed by atoms with Crippen molar-refractivity contribution in [2.24, 2.45) is 4.99 Å². The van der Waals surface area contributed by atoms with Crippen LogP contribution in [0.5, 0.6) is 5.75 Å². The van der Waals surface area contributed by atoms with Gasteiger partial charge in [-0.2, -0.15) is 0 Å². The molecular formula is C32H32IN3O4S. The number of rotatable bonds is 7. The van der Waals surface area contributed by atoms with Crippen molar-refractivity contribution in [3.63, 3.8) is 0 Å². The van der Waals surface area contributed by atoms with E-state index in [2.05, 4.69) is 71.3 Å². The number of aryl methyl sites for hydroxylation is 1. The van der Waals surface area contributed by atoms with Gasteiger partial charge in [-0.3, -0.25) is 9.36 Å². The Kier molecular flexibility index (Phi) is 8.37. The number of halogens is 1. The van der Waals surface area contributed by atoms with Crippen molar-refractivity contribution < 1.29 is 14.3 Å². The quantitative estimate of drug-likeness (QED) is 0.188. The fourth-order valence-corrected chi connectivity index (χ4v) is 6.57. The summed E-state index contributed by atoms with van der Waals surface area (Å²) < 4.78 is 16.8. The minimum atomic E-state index is -0.667. The second-order valence-electron chi connectivity index (χ2n) is 10.2. The van der Waals surface area contributed by atoms with E-state index in [4.69, 9.17) is 14.5 Å². The van der Waals surface area contributed by atoms with Crippen LogP contribution in [0.2, 0.25) is 0 Å². The van der Waals surface area contributed by atoms with E-state index in [1.165, 1.54) is 14.9 Å². The number of thiazole rings is 1. The van der Waals surface area contributed by atoms with Gasteiger partial charge in [-0.15, -0.1) is 0 Å². The summed E-state index contributed by atoms with van der Waals surface area (Å²) in [6.45, 7) is 11.8. The number of ether oxygens (including phenoxy) is 2. The van der Waals surface area contributed by atoms with Crippen LogP contribution >= 0.6 is 33.9 Å². The fraction of sp³-hybridized carbons (Fsp3) is 0.281. The van der Waals surface area contributed by atoms with E-state index >= 15 is 0 Å². The van der Waals surface area contributed by atoms with Crippen molar-refractivity contribution >= 4 is 46.0 Å². The number of esters is 1. The molecule has 9 heteroatoms. The zero-order valence-corrected chi connectivity index (χ0v) is 26.9. The average Bonchev–Trinajstić information content (AvgIpc) is 3.38. The summed E-state index contributed by atoms with van der Waals surface area (Å²) in [6, 6.07) is 17.3. The lowest BCUT2D eigenvalue weighted by atomic mass is 9.96. The fourth-order valence-electron chi connectivity index (χ4n) is 5.17. The van der Waals surface area contributed by atoms with Gasteiger partial charge in [0.25, 0.3) is 5.56 Å². The Morgan fingerprint density at radius 3 is 2.41 bits per heavy atom. The summed E-state index contributed by atoms with van der Waals surface area (Å²) in [5.74, 6) is 0.245. The minimum Gasteiger partial charge on any atom is -0.491 e. The third-order valence-corrected chi connectivity index (χ3v) is 8.63. The maximum atomic E-state index is 14.0. The smallest absolute Gasteiger partial charge is 0.338 e. The maximum Gasteiger partial charge on any atom is 0.338 e. The van der Waals surface area contributed by atoms with Gasteiger partial charge in [0.05, 0.1) is 34.6 Å². The lowest BCUT2D eigenvalue weighted by Gasteiger charge is -2.25. The molecule has 0 N–H and O–H groups in total. The number of aromatic nitrogens is 2. The van der Waals surface area contributed by atoms with Gasteiger partial charge in [-0.25, -0.2) is 9.79 Å². The average molecular weight is 682 g/mol. The number of benzene rings is 2. The molecule has 212 valence electrons. The third kappa shape index (κ3) is 5.70. The SMILES string of the molecule is CCOC(=O)C1=C(C)N=c2s/c(=C\c3cc(C)n(-c4ccc(I)cc4)c3C)c(=O)n2[C@@H]1c1ccc(OC(C)C)cc1. The Bertz CT molecular complexity index is 1830. The first-order valence-corrected chi connectivity index (χ1v) is 15.4. The van der Waals surface area contributed by atoms with Gasteiger partial charge in [0, 0.05) is 20.6 Å². The first-order valence-electron chi connectivity index (χ1n) is 13.5. The number of hydrogen-bond donors (Lipinski definition) is 0. The maximum absolute atomic E-state index is 14.0. The molecule has 7 nitrogen and oxygen atoms in total. The topological polar surface area (TPSA) is 74.8 Å².